The van der Waals surface area contributed by atoms with Gasteiger partial charge in [-0.1, -0.05) is 6.07 Å². The van der Waals surface area contributed by atoms with Gasteiger partial charge in [-0.25, -0.2) is 14.4 Å². The third-order valence-electron chi connectivity index (χ3n) is 7.05. The first kappa shape index (κ1) is 23.9. The quantitative estimate of drug-likeness (QED) is 0.529. The summed E-state index contributed by atoms with van der Waals surface area (Å²) in [5.41, 5.74) is 3.76. The van der Waals surface area contributed by atoms with Crippen LogP contribution in [-0.4, -0.2) is 84.7 Å². The van der Waals surface area contributed by atoms with E-state index in [0.717, 1.165) is 22.5 Å². The molecule has 0 aliphatic carbocycles. The van der Waals surface area contributed by atoms with Gasteiger partial charge in [-0.05, 0) is 48.4 Å². The largest absolute Gasteiger partial charge is 0.370 e. The Bertz CT molecular complexity index is 1320. The van der Waals surface area contributed by atoms with Crippen molar-refractivity contribution < 1.29 is 13.9 Å². The molecule has 2 aliphatic rings. The zero-order valence-electron chi connectivity index (χ0n) is 20.3. The van der Waals surface area contributed by atoms with E-state index in [-0.39, 0.29) is 30.0 Å². The fraction of sp³-hybridized carbons (Fsp3) is 0.458. The van der Waals surface area contributed by atoms with Gasteiger partial charge in [0, 0.05) is 43.1 Å². The summed E-state index contributed by atoms with van der Waals surface area (Å²) in [6.45, 7) is 8.44. The fourth-order valence-corrected chi connectivity index (χ4v) is 4.98. The van der Waals surface area contributed by atoms with Crippen LogP contribution in [0.2, 0.25) is 0 Å². The number of benzene rings is 1. The van der Waals surface area contributed by atoms with Crippen LogP contribution >= 0.6 is 0 Å². The topological polar surface area (TPSA) is 126 Å². The van der Waals surface area contributed by atoms with Crippen LogP contribution in [0.15, 0.2) is 18.5 Å². The number of fused-ring (bicyclic) bond motifs is 1. The highest BCUT2D eigenvalue weighted by atomic mass is 19.1. The fourth-order valence-electron chi connectivity index (χ4n) is 4.98. The molecule has 0 radical (unpaired) electrons. The van der Waals surface area contributed by atoms with E-state index >= 15 is 0 Å². The molecule has 12 heteroatoms. The molecule has 2 atom stereocenters. The minimum absolute atomic E-state index is 0.0230. The van der Waals surface area contributed by atoms with Crippen molar-refractivity contribution in [1.29, 1.82) is 5.26 Å². The molecular formula is C24H26FN9O2. The van der Waals surface area contributed by atoms with Crippen LogP contribution in [0.4, 0.5) is 4.39 Å². The molecule has 2 aromatic heterocycles. The lowest BCUT2D eigenvalue weighted by Gasteiger charge is -2.46. The Morgan fingerprint density at radius 3 is 2.67 bits per heavy atom. The van der Waals surface area contributed by atoms with Crippen molar-refractivity contribution in [2.45, 2.75) is 39.3 Å². The predicted octanol–water partition coefficient (Wildman–Crippen LogP) is 1.22. The van der Waals surface area contributed by atoms with Crippen molar-refractivity contribution in [2.75, 3.05) is 32.8 Å². The smallest absolute Gasteiger partial charge is 0.253 e. The number of carbonyl (C=O) groups excluding carboxylic acids is 1. The maximum atomic E-state index is 13.9. The zero-order valence-corrected chi connectivity index (χ0v) is 20.3. The Morgan fingerprint density at radius 2 is 1.97 bits per heavy atom. The number of morpholine rings is 1. The Balaban J connectivity index is 1.24. The van der Waals surface area contributed by atoms with Gasteiger partial charge in [0.25, 0.3) is 5.95 Å². The van der Waals surface area contributed by atoms with E-state index in [0.29, 0.717) is 44.3 Å². The predicted molar refractivity (Wildman–Crippen MR) is 124 cm³/mol. The van der Waals surface area contributed by atoms with Crippen LogP contribution in [0.1, 0.15) is 39.7 Å². The second-order valence-corrected chi connectivity index (χ2v) is 9.16. The summed E-state index contributed by atoms with van der Waals surface area (Å²) >= 11 is 0. The molecule has 11 nitrogen and oxygen atoms in total. The maximum Gasteiger partial charge on any atom is 0.253 e. The maximum absolute atomic E-state index is 13.9. The number of nitriles is 1. The molecule has 0 unspecified atom stereocenters. The van der Waals surface area contributed by atoms with E-state index in [1.807, 2.05) is 24.8 Å². The molecule has 186 valence electrons. The van der Waals surface area contributed by atoms with Gasteiger partial charge in [-0.2, -0.15) is 9.94 Å². The lowest BCUT2D eigenvalue weighted by Crippen LogP contribution is -2.59. The van der Waals surface area contributed by atoms with Gasteiger partial charge in [0.2, 0.25) is 5.91 Å². The first-order chi connectivity index (χ1) is 17.4. The van der Waals surface area contributed by atoms with Crippen LogP contribution in [0.3, 0.4) is 0 Å². The monoisotopic (exact) mass is 491 g/mol. The van der Waals surface area contributed by atoms with E-state index in [2.05, 4.69) is 30.4 Å². The summed E-state index contributed by atoms with van der Waals surface area (Å²) in [5.74, 6) is -0.123. The van der Waals surface area contributed by atoms with Crippen molar-refractivity contribution >= 4 is 5.91 Å². The van der Waals surface area contributed by atoms with Crippen molar-refractivity contribution in [3.05, 3.63) is 57.9 Å². The van der Waals surface area contributed by atoms with E-state index in [4.69, 9.17) is 4.74 Å². The number of aromatic nitrogens is 6. The number of carbonyl (C=O) groups is 1. The number of rotatable bonds is 4. The van der Waals surface area contributed by atoms with Crippen LogP contribution in [0.25, 0.3) is 5.95 Å². The first-order valence-corrected chi connectivity index (χ1v) is 11.8. The van der Waals surface area contributed by atoms with Crippen molar-refractivity contribution in [3.63, 3.8) is 0 Å². The summed E-state index contributed by atoms with van der Waals surface area (Å²) < 4.78 is 21.5. The lowest BCUT2D eigenvalue weighted by molar-refractivity contribution is -0.139. The lowest BCUT2D eigenvalue weighted by atomic mass is 9.96. The Morgan fingerprint density at radius 1 is 1.19 bits per heavy atom. The minimum Gasteiger partial charge on any atom is -0.370 e. The number of aryl methyl sites for hydroxylation is 2. The van der Waals surface area contributed by atoms with Crippen molar-refractivity contribution in [2.24, 2.45) is 0 Å². The third kappa shape index (κ3) is 4.43. The number of tetrazole rings is 1. The Hall–Kier alpha value is -3.82. The SMILES string of the molecule is Cc1nc(-n2cnnn2)nc(C)c1CC(=O)N1CCN2C[C@H](c3ccc(F)c(C#N)c3C)OC[C@@H]2C1. The van der Waals surface area contributed by atoms with Gasteiger partial charge in [0.05, 0.1) is 30.7 Å². The number of ether oxygens (including phenoxy) is 1. The van der Waals surface area contributed by atoms with E-state index in [9.17, 15) is 14.4 Å². The van der Waals surface area contributed by atoms with Gasteiger partial charge < -0.3 is 9.64 Å². The zero-order chi connectivity index (χ0) is 25.4. The molecule has 3 aromatic rings. The summed E-state index contributed by atoms with van der Waals surface area (Å²) in [7, 11) is 0. The van der Waals surface area contributed by atoms with Crippen LogP contribution in [0.5, 0.6) is 0 Å². The molecule has 2 aliphatic heterocycles. The number of halogens is 1. The third-order valence-corrected chi connectivity index (χ3v) is 7.05. The number of amides is 1. The molecule has 4 heterocycles. The molecular weight excluding hydrogens is 465 g/mol. The Labute approximate surface area is 207 Å². The van der Waals surface area contributed by atoms with Crippen LogP contribution in [-0.2, 0) is 16.0 Å². The van der Waals surface area contributed by atoms with Gasteiger partial charge in [0.1, 0.15) is 18.2 Å². The van der Waals surface area contributed by atoms with E-state index in [1.165, 1.54) is 17.1 Å². The number of nitrogens with zero attached hydrogens (tertiary/aromatic N) is 9. The van der Waals surface area contributed by atoms with Crippen LogP contribution in [0, 0.1) is 37.9 Å². The minimum atomic E-state index is -0.513. The molecule has 0 N–H and O–H groups in total. The van der Waals surface area contributed by atoms with Crippen molar-refractivity contribution in [3.8, 4) is 12.0 Å². The average Bonchev–Trinajstić information content (AvgIpc) is 3.41. The number of hydrogen-bond acceptors (Lipinski definition) is 9. The Kier molecular flexibility index (Phi) is 6.42. The van der Waals surface area contributed by atoms with Gasteiger partial charge in [-0.3, -0.25) is 9.69 Å². The normalized spacial score (nSPS) is 20.1. The highest BCUT2D eigenvalue weighted by Gasteiger charge is 2.36. The summed E-state index contributed by atoms with van der Waals surface area (Å²) in [4.78, 5) is 26.3. The van der Waals surface area contributed by atoms with Gasteiger partial charge in [0.15, 0.2) is 0 Å². The molecule has 0 bridgehead atoms. The second kappa shape index (κ2) is 9.67. The highest BCUT2D eigenvalue weighted by molar-refractivity contribution is 5.79. The number of hydrogen-bond donors (Lipinski definition) is 0. The molecule has 2 saturated heterocycles. The standard InChI is InChI=1S/C24H26FN9O2/c1-14-18(4-5-21(25)20(14)9-26)22-11-32-6-7-33(10-17(32)12-36-22)23(35)8-19-15(2)28-24(29-16(19)3)34-13-27-30-31-34/h4-5,13,17,22H,6-8,10-12H2,1-3H3/t17-,22+/m0/s1. The molecule has 5 rings (SSSR count). The summed E-state index contributed by atoms with van der Waals surface area (Å²) in [6.07, 6.45) is 1.40. The highest BCUT2D eigenvalue weighted by Crippen LogP contribution is 2.31. The molecule has 0 spiro atoms. The molecule has 0 saturated carbocycles. The summed E-state index contributed by atoms with van der Waals surface area (Å²) in [6, 6.07) is 5.06. The molecule has 1 amide bonds. The average molecular weight is 492 g/mol. The van der Waals surface area contributed by atoms with Gasteiger partial charge in [-0.15, -0.1) is 5.10 Å². The van der Waals surface area contributed by atoms with Crippen molar-refractivity contribution in [1.82, 2.24) is 40.0 Å². The van der Waals surface area contributed by atoms with Crippen LogP contribution < -0.4 is 0 Å². The second-order valence-electron chi connectivity index (χ2n) is 9.16. The number of piperazine rings is 1. The van der Waals surface area contributed by atoms with E-state index < -0.39 is 5.82 Å². The van der Waals surface area contributed by atoms with E-state index in [1.54, 1.807) is 13.0 Å². The molecule has 1 aromatic carbocycles. The molecule has 2 fully saturated rings. The first-order valence-electron chi connectivity index (χ1n) is 11.8. The van der Waals surface area contributed by atoms with Gasteiger partial charge >= 0.3 is 0 Å². The summed E-state index contributed by atoms with van der Waals surface area (Å²) in [5, 5.41) is 20.3. The molecule has 36 heavy (non-hydrogen) atoms.